The summed E-state index contributed by atoms with van der Waals surface area (Å²) in [6.07, 6.45) is -6.57. The van der Waals surface area contributed by atoms with Crippen molar-refractivity contribution < 1.29 is 35.5 Å². The first-order valence-corrected chi connectivity index (χ1v) is 14.6. The minimum absolute atomic E-state index is 0.0182. The Morgan fingerprint density at radius 3 is 2.10 bits per heavy atom. The van der Waals surface area contributed by atoms with Gasteiger partial charge in [0, 0.05) is 52.5 Å². The fourth-order valence-corrected chi connectivity index (χ4v) is 5.92. The Morgan fingerprint density at radius 2 is 1.40 bits per heavy atom. The molecule has 0 fully saturated rings. The summed E-state index contributed by atoms with van der Waals surface area (Å²) < 4.78 is 108. The summed E-state index contributed by atoms with van der Waals surface area (Å²) in [7, 11) is 0. The van der Waals surface area contributed by atoms with Crippen LogP contribution < -0.4 is 4.74 Å². The van der Waals surface area contributed by atoms with E-state index in [-0.39, 0.29) is 17.0 Å². The zero-order chi connectivity index (χ0) is 34.0. The zero-order valence-electron chi connectivity index (χ0n) is 25.2. The third-order valence-electron chi connectivity index (χ3n) is 7.90. The molecular weight excluding hydrogens is 637 g/mol. The average Bonchev–Trinajstić information content (AvgIpc) is 3.63. The Bertz CT molecular complexity index is 2320. The van der Waals surface area contributed by atoms with Crippen LogP contribution >= 0.6 is 0 Å². The van der Waals surface area contributed by atoms with Crippen molar-refractivity contribution in [1.29, 1.82) is 0 Å². The zero-order valence-corrected chi connectivity index (χ0v) is 25.2. The van der Waals surface area contributed by atoms with Gasteiger partial charge in [0.05, 0.1) is 34.0 Å². The SMILES string of the molecule is Cc1ccnc(-n2c3ccccc3c3ccc(Oc4cc(F)cc(-n5cc(-c6c(C(F)(F)F)cc(C)cc6C(F)(F)F)cn5)c4)cc32)c1. The van der Waals surface area contributed by atoms with E-state index in [0.717, 1.165) is 63.5 Å². The predicted octanol–water partition coefficient (Wildman–Crippen LogP) is 10.6. The minimum Gasteiger partial charge on any atom is -0.457 e. The molecule has 0 amide bonds. The van der Waals surface area contributed by atoms with Crippen molar-refractivity contribution in [3.63, 3.8) is 0 Å². The third-order valence-corrected chi connectivity index (χ3v) is 7.90. The smallest absolute Gasteiger partial charge is 0.417 e. The van der Waals surface area contributed by atoms with Crippen LogP contribution in [0.15, 0.2) is 104 Å². The fraction of sp³-hybridized carbons (Fsp3) is 0.111. The molecule has 0 saturated carbocycles. The number of rotatable bonds is 5. The molecule has 0 bridgehead atoms. The van der Waals surface area contributed by atoms with Crippen molar-refractivity contribution in [2.75, 3.05) is 0 Å². The van der Waals surface area contributed by atoms with Crippen LogP contribution in [0.5, 0.6) is 11.5 Å². The predicted molar refractivity (Wildman–Crippen MR) is 167 cm³/mol. The standard InChI is InChI=1S/C36H23F7N4O/c1-20-9-10-44-33(13-20)47-31-6-4-3-5-27(31)28-8-7-25(17-32(28)47)48-26-15-23(37)14-24(16-26)46-19-22(18-45-46)34-29(35(38,39)40)11-21(2)12-30(34)36(41,42)43/h3-19H,1-2H3. The molecule has 7 rings (SSSR count). The molecule has 5 nitrogen and oxygen atoms in total. The van der Waals surface area contributed by atoms with Crippen LogP contribution in [0.1, 0.15) is 22.3 Å². The number of ether oxygens (including phenoxy) is 1. The van der Waals surface area contributed by atoms with Crippen LogP contribution in [0.3, 0.4) is 0 Å². The van der Waals surface area contributed by atoms with E-state index in [1.165, 1.54) is 6.07 Å². The first-order valence-electron chi connectivity index (χ1n) is 14.6. The number of alkyl halides is 6. The van der Waals surface area contributed by atoms with Gasteiger partial charge in [0.1, 0.15) is 23.1 Å². The monoisotopic (exact) mass is 660 g/mol. The molecule has 0 atom stereocenters. The molecule has 0 unspecified atom stereocenters. The van der Waals surface area contributed by atoms with Crippen molar-refractivity contribution in [3.05, 3.63) is 132 Å². The largest absolute Gasteiger partial charge is 0.457 e. The maximum atomic E-state index is 14.9. The van der Waals surface area contributed by atoms with E-state index >= 15 is 0 Å². The van der Waals surface area contributed by atoms with Crippen molar-refractivity contribution >= 4 is 21.8 Å². The van der Waals surface area contributed by atoms with Gasteiger partial charge in [-0.15, -0.1) is 0 Å². The normalized spacial score (nSPS) is 12.3. The molecule has 48 heavy (non-hydrogen) atoms. The number of nitrogens with zero attached hydrogens (tertiary/aromatic N) is 4. The summed E-state index contributed by atoms with van der Waals surface area (Å²) in [4.78, 5) is 4.56. The molecule has 3 heterocycles. The molecule has 0 N–H and O–H groups in total. The van der Waals surface area contributed by atoms with Crippen LogP contribution in [-0.2, 0) is 12.4 Å². The third kappa shape index (κ3) is 5.63. The highest BCUT2D eigenvalue weighted by Gasteiger charge is 2.42. The van der Waals surface area contributed by atoms with Gasteiger partial charge in [-0.1, -0.05) is 18.2 Å². The minimum atomic E-state index is -5.08. The molecule has 0 aliphatic rings. The summed E-state index contributed by atoms with van der Waals surface area (Å²) in [5.41, 5.74) is -1.89. The Balaban J connectivity index is 1.29. The molecule has 12 heteroatoms. The second-order valence-electron chi connectivity index (χ2n) is 11.4. The molecule has 7 aromatic rings. The lowest BCUT2D eigenvalue weighted by molar-refractivity contribution is -0.142. The van der Waals surface area contributed by atoms with Gasteiger partial charge in [0.25, 0.3) is 0 Å². The lowest BCUT2D eigenvalue weighted by Gasteiger charge is -2.19. The Labute approximate surface area is 268 Å². The fourth-order valence-electron chi connectivity index (χ4n) is 5.92. The number of aromatic nitrogens is 4. The van der Waals surface area contributed by atoms with Gasteiger partial charge in [0.2, 0.25) is 0 Å². The van der Waals surface area contributed by atoms with E-state index in [1.807, 2.05) is 54.0 Å². The molecule has 0 saturated heterocycles. The van der Waals surface area contributed by atoms with Gasteiger partial charge in [-0.25, -0.2) is 14.1 Å². The number of hydrogen-bond acceptors (Lipinski definition) is 3. The Morgan fingerprint density at radius 1 is 0.688 bits per heavy atom. The van der Waals surface area contributed by atoms with Crippen molar-refractivity contribution in [2.24, 2.45) is 0 Å². The summed E-state index contributed by atoms with van der Waals surface area (Å²) >= 11 is 0. The van der Waals surface area contributed by atoms with Gasteiger partial charge >= 0.3 is 12.4 Å². The second-order valence-corrected chi connectivity index (χ2v) is 11.4. The molecule has 0 aliphatic heterocycles. The number of pyridine rings is 1. The van der Waals surface area contributed by atoms with Crippen molar-refractivity contribution in [3.8, 4) is 34.1 Å². The lowest BCUT2D eigenvalue weighted by atomic mass is 9.93. The molecule has 242 valence electrons. The molecule has 0 aliphatic carbocycles. The summed E-state index contributed by atoms with van der Waals surface area (Å²) in [6, 6.07) is 21.9. The topological polar surface area (TPSA) is 44.9 Å². The van der Waals surface area contributed by atoms with Gasteiger partial charge in [0.15, 0.2) is 0 Å². The lowest BCUT2D eigenvalue weighted by Crippen LogP contribution is -2.14. The molecule has 4 aromatic carbocycles. The number of aryl methyl sites for hydroxylation is 2. The maximum Gasteiger partial charge on any atom is 0.417 e. The van der Waals surface area contributed by atoms with Crippen LogP contribution in [0.25, 0.3) is 44.4 Å². The van der Waals surface area contributed by atoms with Gasteiger partial charge in [-0.2, -0.15) is 31.4 Å². The summed E-state index contributed by atoms with van der Waals surface area (Å²) in [5, 5.41) is 5.90. The van der Waals surface area contributed by atoms with E-state index in [2.05, 4.69) is 10.1 Å². The second kappa shape index (κ2) is 11.3. The highest BCUT2D eigenvalue weighted by atomic mass is 19.4. The number of hydrogen-bond donors (Lipinski definition) is 0. The van der Waals surface area contributed by atoms with E-state index in [0.29, 0.717) is 23.7 Å². The quantitative estimate of drug-likeness (QED) is 0.173. The highest BCUT2D eigenvalue weighted by molar-refractivity contribution is 6.09. The molecule has 0 spiro atoms. The van der Waals surface area contributed by atoms with Crippen LogP contribution in [0.2, 0.25) is 0 Å². The Hall–Kier alpha value is -5.65. The van der Waals surface area contributed by atoms with E-state index in [1.54, 1.807) is 18.3 Å². The molecular formula is C36H23F7N4O. The van der Waals surface area contributed by atoms with Crippen LogP contribution in [0, 0.1) is 19.7 Å². The molecule has 0 radical (unpaired) electrons. The Kier molecular flexibility index (Phi) is 7.26. The number of benzene rings is 4. The number of para-hydroxylation sites is 1. The highest BCUT2D eigenvalue weighted by Crippen LogP contribution is 2.45. The van der Waals surface area contributed by atoms with E-state index in [9.17, 15) is 30.7 Å². The van der Waals surface area contributed by atoms with E-state index in [4.69, 9.17) is 4.74 Å². The summed E-state index contributed by atoms with van der Waals surface area (Å²) in [5.74, 6) is 0.305. The number of fused-ring (bicyclic) bond motifs is 3. The van der Waals surface area contributed by atoms with E-state index < -0.39 is 40.4 Å². The van der Waals surface area contributed by atoms with Gasteiger partial charge in [-0.05, 0) is 73.5 Å². The first kappa shape index (κ1) is 31.0. The van der Waals surface area contributed by atoms with Crippen molar-refractivity contribution in [1.82, 2.24) is 19.3 Å². The van der Waals surface area contributed by atoms with Crippen LogP contribution in [0.4, 0.5) is 30.7 Å². The molecule has 3 aromatic heterocycles. The maximum absolute atomic E-state index is 14.9. The van der Waals surface area contributed by atoms with Gasteiger partial charge in [-0.3, -0.25) is 4.57 Å². The van der Waals surface area contributed by atoms with Crippen molar-refractivity contribution in [2.45, 2.75) is 26.2 Å². The summed E-state index contributed by atoms with van der Waals surface area (Å²) in [6.45, 7) is 3.12. The van der Waals surface area contributed by atoms with Crippen LogP contribution in [-0.4, -0.2) is 19.3 Å². The van der Waals surface area contributed by atoms with Gasteiger partial charge < -0.3 is 4.74 Å². The first-order chi connectivity index (χ1) is 22.8. The number of halogens is 7. The average molecular weight is 661 g/mol.